The van der Waals surface area contributed by atoms with Crippen LogP contribution in [0.15, 0.2) is 18.5 Å². The molecule has 0 amide bonds. The largest absolute Gasteiger partial charge is 0.353 e. The minimum atomic E-state index is -2.88. The molecule has 17 heavy (non-hydrogen) atoms. The van der Waals surface area contributed by atoms with E-state index in [-0.39, 0.29) is 17.5 Å². The van der Waals surface area contributed by atoms with Crippen molar-refractivity contribution in [3.8, 4) is 0 Å². The minimum Gasteiger partial charge on any atom is -0.353 e. The van der Waals surface area contributed by atoms with Gasteiger partial charge in [0.05, 0.1) is 5.75 Å². The van der Waals surface area contributed by atoms with E-state index in [9.17, 15) is 8.42 Å². The lowest BCUT2D eigenvalue weighted by molar-refractivity contribution is 0.589. The summed E-state index contributed by atoms with van der Waals surface area (Å²) in [4.78, 5) is 0. The van der Waals surface area contributed by atoms with Crippen LogP contribution in [-0.4, -0.2) is 24.5 Å². The van der Waals surface area contributed by atoms with E-state index < -0.39 is 9.84 Å². The lowest BCUT2D eigenvalue weighted by Crippen LogP contribution is -2.14. The van der Waals surface area contributed by atoms with Gasteiger partial charge >= 0.3 is 0 Å². The van der Waals surface area contributed by atoms with Crippen LogP contribution in [0.2, 0.25) is 0 Å². The van der Waals surface area contributed by atoms with Crippen LogP contribution in [0.1, 0.15) is 31.4 Å². The Labute approximate surface area is 103 Å². The van der Waals surface area contributed by atoms with Crippen LogP contribution in [0, 0.1) is 5.92 Å². The molecule has 96 valence electrons. The van der Waals surface area contributed by atoms with E-state index in [0.717, 1.165) is 5.56 Å². The van der Waals surface area contributed by atoms with Gasteiger partial charge in [0.2, 0.25) is 0 Å². The Balaban J connectivity index is 1.94. The molecule has 1 aliphatic carbocycles. The van der Waals surface area contributed by atoms with E-state index in [1.54, 1.807) is 6.92 Å². The zero-order valence-corrected chi connectivity index (χ0v) is 11.0. The minimum absolute atomic E-state index is 0.124. The predicted molar refractivity (Wildman–Crippen MR) is 68.4 cm³/mol. The molecule has 5 heteroatoms. The molecule has 0 bridgehead atoms. The van der Waals surface area contributed by atoms with Crippen LogP contribution in [0.3, 0.4) is 0 Å². The van der Waals surface area contributed by atoms with Crippen molar-refractivity contribution in [2.75, 3.05) is 11.5 Å². The van der Waals surface area contributed by atoms with Crippen LogP contribution < -0.4 is 5.73 Å². The molecule has 2 rings (SSSR count). The van der Waals surface area contributed by atoms with E-state index in [4.69, 9.17) is 5.73 Å². The van der Waals surface area contributed by atoms with Crippen molar-refractivity contribution in [2.45, 2.75) is 32.4 Å². The molecule has 0 aliphatic heterocycles. The monoisotopic (exact) mass is 256 g/mol. The Bertz CT molecular complexity index is 474. The Hall–Kier alpha value is -0.810. The first-order valence-electron chi connectivity index (χ1n) is 6.13. The molecular formula is C12H20N2O2S. The highest BCUT2D eigenvalue weighted by molar-refractivity contribution is 7.91. The number of hydrogen-bond acceptors (Lipinski definition) is 3. The summed E-state index contributed by atoms with van der Waals surface area (Å²) in [5.74, 6) is 1.05. The van der Waals surface area contributed by atoms with Gasteiger partial charge in [-0.25, -0.2) is 8.42 Å². The van der Waals surface area contributed by atoms with E-state index in [1.807, 2.05) is 23.0 Å². The summed E-state index contributed by atoms with van der Waals surface area (Å²) in [7, 11) is -2.88. The maximum Gasteiger partial charge on any atom is 0.151 e. The quantitative estimate of drug-likeness (QED) is 0.835. The van der Waals surface area contributed by atoms with Gasteiger partial charge in [0.25, 0.3) is 0 Å². The van der Waals surface area contributed by atoms with Crippen LogP contribution in [0.25, 0.3) is 0 Å². The molecule has 2 N–H and O–H groups in total. The molecule has 1 aromatic heterocycles. The van der Waals surface area contributed by atoms with Gasteiger partial charge in [0, 0.05) is 30.7 Å². The average molecular weight is 256 g/mol. The molecular weight excluding hydrogens is 236 g/mol. The highest BCUT2D eigenvalue weighted by atomic mass is 32.2. The van der Waals surface area contributed by atoms with E-state index in [2.05, 4.69) is 0 Å². The first-order chi connectivity index (χ1) is 8.02. The fourth-order valence-electron chi connectivity index (χ4n) is 1.91. The zero-order valence-electron chi connectivity index (χ0n) is 10.2. The maximum atomic E-state index is 11.4. The van der Waals surface area contributed by atoms with Gasteiger partial charge < -0.3 is 10.3 Å². The number of nitrogens with two attached hydrogens (primary N) is 1. The number of rotatable bonds is 6. The van der Waals surface area contributed by atoms with Gasteiger partial charge in [-0.1, -0.05) is 6.92 Å². The molecule has 4 nitrogen and oxygen atoms in total. The lowest BCUT2D eigenvalue weighted by atomic mass is 10.1. The van der Waals surface area contributed by atoms with Crippen molar-refractivity contribution in [3.05, 3.63) is 24.0 Å². The smallest absolute Gasteiger partial charge is 0.151 e. The van der Waals surface area contributed by atoms with Crippen molar-refractivity contribution >= 4 is 9.84 Å². The molecule has 0 radical (unpaired) electrons. The molecule has 1 atom stereocenters. The second-order valence-corrected chi connectivity index (χ2v) is 7.25. The van der Waals surface area contributed by atoms with Gasteiger partial charge in [-0.15, -0.1) is 0 Å². The van der Waals surface area contributed by atoms with Gasteiger partial charge in [-0.2, -0.15) is 0 Å². The third kappa shape index (κ3) is 3.33. The van der Waals surface area contributed by atoms with E-state index >= 15 is 0 Å². The standard InChI is InChI=1S/C12H20N2O2S/c1-2-17(15,16)8-7-14-6-5-11(9-14)12(13)10-3-4-10/h5-6,9-10,12H,2-4,7-8,13H2,1H3. The highest BCUT2D eigenvalue weighted by Crippen LogP contribution is 2.39. The number of nitrogens with zero attached hydrogens (tertiary/aromatic N) is 1. The van der Waals surface area contributed by atoms with Crippen molar-refractivity contribution in [1.29, 1.82) is 0 Å². The van der Waals surface area contributed by atoms with E-state index in [1.165, 1.54) is 12.8 Å². The summed E-state index contributed by atoms with van der Waals surface area (Å²) in [6.07, 6.45) is 6.34. The van der Waals surface area contributed by atoms with Crippen molar-refractivity contribution in [2.24, 2.45) is 11.7 Å². The lowest BCUT2D eigenvalue weighted by Gasteiger charge is -2.07. The molecule has 1 unspecified atom stereocenters. The summed E-state index contributed by atoms with van der Waals surface area (Å²) >= 11 is 0. The molecule has 0 aromatic carbocycles. The number of aryl methyl sites for hydroxylation is 1. The number of hydrogen-bond donors (Lipinski definition) is 1. The summed E-state index contributed by atoms with van der Waals surface area (Å²) in [5, 5.41) is 0. The summed E-state index contributed by atoms with van der Waals surface area (Å²) in [5.41, 5.74) is 7.22. The number of sulfone groups is 1. The van der Waals surface area contributed by atoms with E-state index in [0.29, 0.717) is 12.5 Å². The Morgan fingerprint density at radius 1 is 1.53 bits per heavy atom. The van der Waals surface area contributed by atoms with Crippen LogP contribution in [0.5, 0.6) is 0 Å². The highest BCUT2D eigenvalue weighted by Gasteiger charge is 2.29. The van der Waals surface area contributed by atoms with Crippen molar-refractivity contribution in [3.63, 3.8) is 0 Å². The Morgan fingerprint density at radius 3 is 2.82 bits per heavy atom. The van der Waals surface area contributed by atoms with Crippen LogP contribution in [0.4, 0.5) is 0 Å². The number of aromatic nitrogens is 1. The SMILES string of the molecule is CCS(=O)(=O)CCn1ccc(C(N)C2CC2)c1. The molecule has 1 aromatic rings. The first kappa shape index (κ1) is 12.6. The van der Waals surface area contributed by atoms with Gasteiger partial charge in [-0.05, 0) is 30.4 Å². The fourth-order valence-corrected chi connectivity index (χ4v) is 2.69. The summed E-state index contributed by atoms with van der Waals surface area (Å²) in [6.45, 7) is 2.20. The maximum absolute atomic E-state index is 11.4. The van der Waals surface area contributed by atoms with Crippen LogP contribution >= 0.6 is 0 Å². The molecule has 1 heterocycles. The van der Waals surface area contributed by atoms with Gasteiger partial charge in [0.1, 0.15) is 0 Å². The Morgan fingerprint density at radius 2 is 2.24 bits per heavy atom. The summed E-state index contributed by atoms with van der Waals surface area (Å²) in [6, 6.07) is 2.13. The first-order valence-corrected chi connectivity index (χ1v) is 7.95. The molecule has 0 spiro atoms. The molecule has 0 saturated heterocycles. The van der Waals surface area contributed by atoms with Gasteiger partial charge in [0.15, 0.2) is 9.84 Å². The van der Waals surface area contributed by atoms with Crippen molar-refractivity contribution in [1.82, 2.24) is 4.57 Å². The normalized spacial score (nSPS) is 18.2. The predicted octanol–water partition coefficient (Wildman–Crippen LogP) is 1.33. The molecule has 1 saturated carbocycles. The Kier molecular flexibility index (Phi) is 3.58. The van der Waals surface area contributed by atoms with Crippen LogP contribution in [-0.2, 0) is 16.4 Å². The average Bonchev–Trinajstić information content (AvgIpc) is 3.05. The summed E-state index contributed by atoms with van der Waals surface area (Å²) < 4.78 is 24.7. The van der Waals surface area contributed by atoms with Crippen molar-refractivity contribution < 1.29 is 8.42 Å². The fraction of sp³-hybridized carbons (Fsp3) is 0.667. The second kappa shape index (κ2) is 4.82. The topological polar surface area (TPSA) is 65.1 Å². The van der Waals surface area contributed by atoms with Gasteiger partial charge in [-0.3, -0.25) is 0 Å². The molecule has 1 aliphatic rings. The molecule has 1 fully saturated rings. The third-order valence-electron chi connectivity index (χ3n) is 3.39. The second-order valence-electron chi connectivity index (χ2n) is 4.78. The third-order valence-corrected chi connectivity index (χ3v) is 5.07. The zero-order chi connectivity index (χ0) is 12.5.